The molecule has 0 fully saturated rings. The first-order valence-corrected chi connectivity index (χ1v) is 7.32. The number of hydrazone groups is 1. The van der Waals surface area contributed by atoms with E-state index in [2.05, 4.69) is 10.5 Å². The molecule has 7 nitrogen and oxygen atoms in total. The van der Waals surface area contributed by atoms with Gasteiger partial charge in [0.1, 0.15) is 5.75 Å². The number of aromatic hydroxyl groups is 3. The molecule has 0 atom stereocenters. The van der Waals surface area contributed by atoms with Gasteiger partial charge in [-0.05, 0) is 48.4 Å². The number of amides is 1. The van der Waals surface area contributed by atoms with Crippen LogP contribution in [0.3, 0.4) is 0 Å². The number of carbonyl (C=O) groups excluding carboxylic acids is 1. The Morgan fingerprint density at radius 2 is 1.79 bits per heavy atom. The smallest absolute Gasteiger partial charge is 0.271 e. The molecule has 0 unspecified atom stereocenters. The van der Waals surface area contributed by atoms with Crippen molar-refractivity contribution in [2.75, 3.05) is 6.61 Å². The zero-order valence-electron chi connectivity index (χ0n) is 13.1. The number of benzene rings is 2. The molecular formula is C17H18N2O5. The van der Waals surface area contributed by atoms with Crippen LogP contribution in [0.4, 0.5) is 0 Å². The second kappa shape index (κ2) is 7.87. The standard InChI is InChI=1S/C17H18N2O5/c1-2-7-24-13-5-3-11(4-6-13)10-18-19-17(23)12-8-14(20)16(22)15(21)9-12/h3-6,8-10,20-22H,2,7H2,1H3,(H,19,23)/b18-10+. The molecule has 2 rings (SSSR count). The minimum Gasteiger partial charge on any atom is -0.504 e. The van der Waals surface area contributed by atoms with E-state index in [1.165, 1.54) is 6.21 Å². The topological polar surface area (TPSA) is 111 Å². The van der Waals surface area contributed by atoms with Crippen molar-refractivity contribution in [3.8, 4) is 23.0 Å². The first kappa shape index (κ1) is 17.1. The van der Waals surface area contributed by atoms with Gasteiger partial charge in [0.25, 0.3) is 5.91 Å². The minimum atomic E-state index is -0.680. The zero-order valence-corrected chi connectivity index (χ0v) is 13.1. The lowest BCUT2D eigenvalue weighted by molar-refractivity contribution is 0.0954. The first-order chi connectivity index (χ1) is 11.5. The molecule has 0 aromatic heterocycles. The highest BCUT2D eigenvalue weighted by Crippen LogP contribution is 2.35. The van der Waals surface area contributed by atoms with Crippen molar-refractivity contribution in [3.05, 3.63) is 47.5 Å². The van der Waals surface area contributed by atoms with E-state index >= 15 is 0 Å². The molecule has 24 heavy (non-hydrogen) atoms. The van der Waals surface area contributed by atoms with Crippen LogP contribution in [0.15, 0.2) is 41.5 Å². The Kier molecular flexibility index (Phi) is 5.62. The molecule has 2 aromatic carbocycles. The molecule has 2 aromatic rings. The molecule has 0 saturated carbocycles. The monoisotopic (exact) mass is 330 g/mol. The number of rotatable bonds is 6. The molecule has 0 aliphatic carbocycles. The molecule has 0 saturated heterocycles. The van der Waals surface area contributed by atoms with Crippen LogP contribution < -0.4 is 10.2 Å². The van der Waals surface area contributed by atoms with Gasteiger partial charge in [-0.25, -0.2) is 5.43 Å². The summed E-state index contributed by atoms with van der Waals surface area (Å²) in [6.45, 7) is 2.67. The number of carbonyl (C=O) groups is 1. The van der Waals surface area contributed by atoms with Gasteiger partial charge < -0.3 is 20.1 Å². The number of phenolic OH excluding ortho intramolecular Hbond substituents is 3. The molecule has 1 amide bonds. The summed E-state index contributed by atoms with van der Waals surface area (Å²) in [6, 6.07) is 9.24. The highest BCUT2D eigenvalue weighted by Gasteiger charge is 2.12. The van der Waals surface area contributed by atoms with Crippen LogP contribution in [-0.2, 0) is 0 Å². The SMILES string of the molecule is CCCOc1ccc(/C=N/NC(=O)c2cc(O)c(O)c(O)c2)cc1. The molecule has 7 heteroatoms. The minimum absolute atomic E-state index is 0.0386. The maximum atomic E-state index is 11.9. The summed E-state index contributed by atoms with van der Waals surface area (Å²) in [7, 11) is 0. The van der Waals surface area contributed by atoms with E-state index in [1.807, 2.05) is 6.92 Å². The van der Waals surface area contributed by atoms with Crippen molar-refractivity contribution in [2.45, 2.75) is 13.3 Å². The summed E-state index contributed by atoms with van der Waals surface area (Å²) < 4.78 is 5.46. The van der Waals surface area contributed by atoms with Gasteiger partial charge in [-0.2, -0.15) is 5.10 Å². The van der Waals surface area contributed by atoms with Crippen LogP contribution >= 0.6 is 0 Å². The third-order valence-electron chi connectivity index (χ3n) is 3.06. The zero-order chi connectivity index (χ0) is 17.5. The Balaban J connectivity index is 1.97. The maximum Gasteiger partial charge on any atom is 0.271 e. The van der Waals surface area contributed by atoms with Gasteiger partial charge in [0.05, 0.1) is 12.8 Å². The van der Waals surface area contributed by atoms with Crippen molar-refractivity contribution in [1.29, 1.82) is 0 Å². The average Bonchev–Trinajstić information content (AvgIpc) is 2.58. The van der Waals surface area contributed by atoms with Crippen LogP contribution in [-0.4, -0.2) is 34.0 Å². The lowest BCUT2D eigenvalue weighted by Crippen LogP contribution is -2.17. The molecule has 0 aliphatic rings. The maximum absolute atomic E-state index is 11.9. The average molecular weight is 330 g/mol. The fraction of sp³-hybridized carbons (Fsp3) is 0.176. The number of ether oxygens (including phenoxy) is 1. The van der Waals surface area contributed by atoms with Crippen LogP contribution in [0.2, 0.25) is 0 Å². The molecule has 0 radical (unpaired) electrons. The molecule has 0 bridgehead atoms. The number of hydrogen-bond donors (Lipinski definition) is 4. The second-order valence-electron chi connectivity index (χ2n) is 4.98. The van der Waals surface area contributed by atoms with Crippen molar-refractivity contribution in [2.24, 2.45) is 5.10 Å². The summed E-state index contributed by atoms with van der Waals surface area (Å²) in [6.07, 6.45) is 2.37. The van der Waals surface area contributed by atoms with Crippen molar-refractivity contribution in [3.63, 3.8) is 0 Å². The Morgan fingerprint density at radius 1 is 1.17 bits per heavy atom. The molecule has 4 N–H and O–H groups in total. The van der Waals surface area contributed by atoms with E-state index in [4.69, 9.17) is 4.74 Å². The van der Waals surface area contributed by atoms with Crippen molar-refractivity contribution in [1.82, 2.24) is 5.43 Å². The van der Waals surface area contributed by atoms with Gasteiger partial charge >= 0.3 is 0 Å². The fourth-order valence-corrected chi connectivity index (χ4v) is 1.84. The quantitative estimate of drug-likeness (QED) is 0.369. The summed E-state index contributed by atoms with van der Waals surface area (Å²) in [4.78, 5) is 11.9. The third-order valence-corrected chi connectivity index (χ3v) is 3.06. The third kappa shape index (κ3) is 4.39. The Bertz CT molecular complexity index is 718. The second-order valence-corrected chi connectivity index (χ2v) is 4.98. The van der Waals surface area contributed by atoms with E-state index in [1.54, 1.807) is 24.3 Å². The summed E-state index contributed by atoms with van der Waals surface area (Å²) in [5.41, 5.74) is 2.99. The number of phenols is 3. The number of hydrogen-bond acceptors (Lipinski definition) is 6. The molecule has 0 aliphatic heterocycles. The van der Waals surface area contributed by atoms with E-state index in [-0.39, 0.29) is 5.56 Å². The van der Waals surface area contributed by atoms with E-state index < -0.39 is 23.2 Å². The molecule has 126 valence electrons. The predicted molar refractivity (Wildman–Crippen MR) is 88.7 cm³/mol. The highest BCUT2D eigenvalue weighted by molar-refractivity contribution is 5.96. The van der Waals surface area contributed by atoms with E-state index in [0.717, 1.165) is 29.9 Å². The lowest BCUT2D eigenvalue weighted by atomic mass is 10.2. The van der Waals surface area contributed by atoms with E-state index in [0.29, 0.717) is 6.61 Å². The van der Waals surface area contributed by atoms with Gasteiger partial charge in [-0.3, -0.25) is 4.79 Å². The van der Waals surface area contributed by atoms with Gasteiger partial charge in [0, 0.05) is 5.56 Å². The summed E-state index contributed by atoms with van der Waals surface area (Å²) in [5, 5.41) is 31.8. The molecular weight excluding hydrogens is 312 g/mol. The van der Waals surface area contributed by atoms with Crippen LogP contribution in [0.25, 0.3) is 0 Å². The Morgan fingerprint density at radius 3 is 2.38 bits per heavy atom. The Hall–Kier alpha value is -3.22. The van der Waals surface area contributed by atoms with Gasteiger partial charge in [0.15, 0.2) is 17.2 Å². The van der Waals surface area contributed by atoms with Gasteiger partial charge in [-0.1, -0.05) is 6.92 Å². The first-order valence-electron chi connectivity index (χ1n) is 7.32. The number of nitrogens with one attached hydrogen (secondary N) is 1. The van der Waals surface area contributed by atoms with Crippen LogP contribution in [0.1, 0.15) is 29.3 Å². The van der Waals surface area contributed by atoms with Crippen LogP contribution in [0, 0.1) is 0 Å². The van der Waals surface area contributed by atoms with Gasteiger partial charge in [-0.15, -0.1) is 0 Å². The Labute approximate surface area is 138 Å². The number of nitrogens with zero attached hydrogens (tertiary/aromatic N) is 1. The van der Waals surface area contributed by atoms with Crippen LogP contribution in [0.5, 0.6) is 23.0 Å². The summed E-state index contributed by atoms with van der Waals surface area (Å²) >= 11 is 0. The molecule has 0 heterocycles. The van der Waals surface area contributed by atoms with Crippen molar-refractivity contribution >= 4 is 12.1 Å². The lowest BCUT2D eigenvalue weighted by Gasteiger charge is -2.05. The fourth-order valence-electron chi connectivity index (χ4n) is 1.84. The van der Waals surface area contributed by atoms with Gasteiger partial charge in [0.2, 0.25) is 0 Å². The normalized spacial score (nSPS) is 10.7. The largest absolute Gasteiger partial charge is 0.504 e. The predicted octanol–water partition coefficient (Wildman–Crippen LogP) is 2.36. The van der Waals surface area contributed by atoms with Crippen molar-refractivity contribution < 1.29 is 24.9 Å². The molecule has 0 spiro atoms. The summed E-state index contributed by atoms with van der Waals surface area (Å²) in [5.74, 6) is -1.74. The highest BCUT2D eigenvalue weighted by atomic mass is 16.5. The van der Waals surface area contributed by atoms with E-state index in [9.17, 15) is 20.1 Å².